The number of aliphatic hydroxyl groups excluding tert-OH is 1. The molecule has 0 spiro atoms. The zero-order chi connectivity index (χ0) is 9.28. The number of rotatable bonds is 3. The van der Waals surface area contributed by atoms with Gasteiger partial charge in [-0.05, 0) is 20.8 Å². The molecule has 1 atom stereocenters. The van der Waals surface area contributed by atoms with Gasteiger partial charge in [-0.25, -0.2) is 0 Å². The Morgan fingerprint density at radius 1 is 1.18 bits per heavy atom. The summed E-state index contributed by atoms with van der Waals surface area (Å²) in [5.74, 6) is 0. The van der Waals surface area contributed by atoms with Gasteiger partial charge in [0.1, 0.15) is 0 Å². The van der Waals surface area contributed by atoms with Gasteiger partial charge in [0.2, 0.25) is 0 Å². The molecular weight excluding hydrogens is 140 g/mol. The summed E-state index contributed by atoms with van der Waals surface area (Å²) < 4.78 is 5.15. The first-order chi connectivity index (χ1) is 5.08. The summed E-state index contributed by atoms with van der Waals surface area (Å²) in [7, 11) is 0. The van der Waals surface area contributed by atoms with E-state index in [0.717, 1.165) is 0 Å². The number of hydrogen-bond acceptors (Lipinski definition) is 2. The van der Waals surface area contributed by atoms with Crippen LogP contribution in [0.3, 0.4) is 0 Å². The van der Waals surface area contributed by atoms with Crippen molar-refractivity contribution in [1.82, 2.24) is 0 Å². The summed E-state index contributed by atoms with van der Waals surface area (Å²) >= 11 is 0. The molecule has 0 bridgehead atoms. The molecule has 70 valence electrons. The molecule has 0 aliphatic heterocycles. The molecule has 0 aromatic carbocycles. The Kier molecular flexibility index (Phi) is 12.2. The van der Waals surface area contributed by atoms with Crippen molar-refractivity contribution in [1.29, 1.82) is 0 Å². The van der Waals surface area contributed by atoms with E-state index in [1.54, 1.807) is 0 Å². The Morgan fingerprint density at radius 3 is 1.64 bits per heavy atom. The van der Waals surface area contributed by atoms with Crippen molar-refractivity contribution in [3.05, 3.63) is 0 Å². The molecule has 0 saturated heterocycles. The fraction of sp³-hybridized carbons (Fsp3) is 1.00. The SMILES string of the molecule is CC(C)OC(C)CO.CCC. The standard InChI is InChI=1S/C6H14O2.C3H8/c1-5(2)8-6(3)4-7;1-3-2/h5-7H,4H2,1-3H3;3H2,1-2H3. The first-order valence-electron chi connectivity index (χ1n) is 4.34. The molecular formula is C9H22O2. The quantitative estimate of drug-likeness (QED) is 0.689. The van der Waals surface area contributed by atoms with Crippen LogP contribution >= 0.6 is 0 Å². The van der Waals surface area contributed by atoms with E-state index in [0.29, 0.717) is 0 Å². The zero-order valence-electron chi connectivity index (χ0n) is 8.42. The maximum absolute atomic E-state index is 8.46. The Labute approximate surface area is 70.6 Å². The maximum Gasteiger partial charge on any atom is 0.0781 e. The van der Waals surface area contributed by atoms with Crippen LogP contribution in [0, 0.1) is 0 Å². The van der Waals surface area contributed by atoms with E-state index >= 15 is 0 Å². The molecule has 2 heteroatoms. The highest BCUT2D eigenvalue weighted by Crippen LogP contribution is 1.94. The second-order valence-corrected chi connectivity index (χ2v) is 2.89. The predicted molar refractivity (Wildman–Crippen MR) is 48.7 cm³/mol. The number of aliphatic hydroxyl groups is 1. The molecule has 0 aliphatic carbocycles. The Morgan fingerprint density at radius 2 is 1.55 bits per heavy atom. The van der Waals surface area contributed by atoms with Gasteiger partial charge in [-0.1, -0.05) is 20.3 Å². The summed E-state index contributed by atoms with van der Waals surface area (Å²) in [6.07, 6.45) is 1.45. The van der Waals surface area contributed by atoms with E-state index in [2.05, 4.69) is 13.8 Å². The summed E-state index contributed by atoms with van der Waals surface area (Å²) in [5.41, 5.74) is 0. The second-order valence-electron chi connectivity index (χ2n) is 2.89. The minimum absolute atomic E-state index is 0.0185. The van der Waals surface area contributed by atoms with Gasteiger partial charge in [0.05, 0.1) is 18.8 Å². The highest BCUT2D eigenvalue weighted by Gasteiger charge is 2.00. The highest BCUT2D eigenvalue weighted by atomic mass is 16.5. The normalized spacial score (nSPS) is 12.3. The van der Waals surface area contributed by atoms with E-state index in [-0.39, 0.29) is 18.8 Å². The van der Waals surface area contributed by atoms with Crippen LogP contribution in [0.5, 0.6) is 0 Å². The molecule has 0 amide bonds. The van der Waals surface area contributed by atoms with Crippen LogP contribution in [-0.2, 0) is 4.74 Å². The van der Waals surface area contributed by atoms with Gasteiger partial charge in [-0.2, -0.15) is 0 Å². The minimum atomic E-state index is -0.0185. The number of hydrogen-bond donors (Lipinski definition) is 1. The average Bonchev–Trinajstić information content (AvgIpc) is 1.88. The third-order valence-corrected chi connectivity index (χ3v) is 0.762. The second kappa shape index (κ2) is 9.92. The molecule has 0 aromatic heterocycles. The van der Waals surface area contributed by atoms with Crippen molar-refractivity contribution in [3.63, 3.8) is 0 Å². The zero-order valence-corrected chi connectivity index (χ0v) is 8.42. The minimum Gasteiger partial charge on any atom is -0.394 e. The van der Waals surface area contributed by atoms with E-state index in [1.807, 2.05) is 20.8 Å². The molecule has 0 saturated carbocycles. The average molecular weight is 162 g/mol. The van der Waals surface area contributed by atoms with E-state index in [4.69, 9.17) is 9.84 Å². The Balaban J connectivity index is 0. The summed E-state index contributed by atoms with van der Waals surface area (Å²) in [5, 5.41) is 8.46. The lowest BCUT2D eigenvalue weighted by atomic mass is 10.4. The fourth-order valence-electron chi connectivity index (χ4n) is 0.508. The molecule has 1 unspecified atom stereocenters. The van der Waals surface area contributed by atoms with E-state index in [1.165, 1.54) is 6.42 Å². The lowest BCUT2D eigenvalue weighted by Crippen LogP contribution is -2.17. The fourth-order valence-corrected chi connectivity index (χ4v) is 0.508. The van der Waals surface area contributed by atoms with Crippen LogP contribution < -0.4 is 0 Å². The molecule has 1 N–H and O–H groups in total. The molecule has 0 aromatic rings. The van der Waals surface area contributed by atoms with Crippen LogP contribution in [0.2, 0.25) is 0 Å². The van der Waals surface area contributed by atoms with Crippen molar-refractivity contribution in [2.75, 3.05) is 6.61 Å². The first-order valence-corrected chi connectivity index (χ1v) is 4.34. The highest BCUT2D eigenvalue weighted by molar-refractivity contribution is 4.46. The molecule has 11 heavy (non-hydrogen) atoms. The smallest absolute Gasteiger partial charge is 0.0781 e. The predicted octanol–water partition coefficient (Wildman–Crippen LogP) is 2.21. The molecule has 0 aliphatic rings. The van der Waals surface area contributed by atoms with Gasteiger partial charge >= 0.3 is 0 Å². The summed E-state index contributed by atoms with van der Waals surface area (Å²) in [4.78, 5) is 0. The largest absolute Gasteiger partial charge is 0.394 e. The van der Waals surface area contributed by atoms with Gasteiger partial charge in [-0.3, -0.25) is 0 Å². The molecule has 2 nitrogen and oxygen atoms in total. The molecule has 0 heterocycles. The van der Waals surface area contributed by atoms with Crippen LogP contribution in [0.4, 0.5) is 0 Å². The molecule has 0 fully saturated rings. The molecule has 0 rings (SSSR count). The number of ether oxygens (including phenoxy) is 1. The Hall–Kier alpha value is -0.0800. The van der Waals surface area contributed by atoms with Crippen molar-refractivity contribution in [2.24, 2.45) is 0 Å². The third-order valence-electron chi connectivity index (χ3n) is 0.762. The topological polar surface area (TPSA) is 29.5 Å². The van der Waals surface area contributed by atoms with Crippen molar-refractivity contribution in [2.45, 2.75) is 53.2 Å². The van der Waals surface area contributed by atoms with E-state index in [9.17, 15) is 0 Å². The van der Waals surface area contributed by atoms with Crippen molar-refractivity contribution in [3.8, 4) is 0 Å². The first kappa shape index (κ1) is 13.5. The van der Waals surface area contributed by atoms with Crippen molar-refractivity contribution >= 4 is 0 Å². The third kappa shape index (κ3) is 17.8. The van der Waals surface area contributed by atoms with Gasteiger partial charge in [0.25, 0.3) is 0 Å². The lowest BCUT2D eigenvalue weighted by molar-refractivity contribution is -0.0121. The van der Waals surface area contributed by atoms with Crippen molar-refractivity contribution < 1.29 is 9.84 Å². The van der Waals surface area contributed by atoms with Gasteiger partial charge < -0.3 is 9.84 Å². The van der Waals surface area contributed by atoms with Crippen LogP contribution in [0.15, 0.2) is 0 Å². The lowest BCUT2D eigenvalue weighted by Gasteiger charge is -2.12. The monoisotopic (exact) mass is 162 g/mol. The van der Waals surface area contributed by atoms with Gasteiger partial charge in [-0.15, -0.1) is 0 Å². The maximum atomic E-state index is 8.46. The van der Waals surface area contributed by atoms with Gasteiger partial charge in [0.15, 0.2) is 0 Å². The molecule has 0 radical (unpaired) electrons. The van der Waals surface area contributed by atoms with Crippen LogP contribution in [0.25, 0.3) is 0 Å². The van der Waals surface area contributed by atoms with E-state index < -0.39 is 0 Å². The van der Waals surface area contributed by atoms with Gasteiger partial charge in [0, 0.05) is 0 Å². The van der Waals surface area contributed by atoms with Crippen LogP contribution in [-0.4, -0.2) is 23.9 Å². The Bertz CT molecular complexity index is 62.6. The summed E-state index contributed by atoms with van der Waals surface area (Å²) in [6, 6.07) is 0. The summed E-state index contributed by atoms with van der Waals surface area (Å²) in [6.45, 7) is 10.1. The van der Waals surface area contributed by atoms with Crippen LogP contribution in [0.1, 0.15) is 41.0 Å².